The maximum atomic E-state index is 11.9. The van der Waals surface area contributed by atoms with Crippen LogP contribution < -0.4 is 68.3 Å². The third-order valence-electron chi connectivity index (χ3n) is 8.57. The summed E-state index contributed by atoms with van der Waals surface area (Å²) in [7, 11) is 3.04. The maximum absolute atomic E-state index is 11.9. The Labute approximate surface area is 493 Å². The monoisotopic (exact) mass is 1420 g/mol. The molecule has 0 unspecified atom stereocenters. The molecule has 0 saturated carbocycles. The quantitative estimate of drug-likeness (QED) is 0.0210. The minimum absolute atomic E-state index is 0. The van der Waals surface area contributed by atoms with E-state index in [4.69, 9.17) is 51.3 Å². The van der Waals surface area contributed by atoms with Crippen LogP contribution in [0.15, 0.2) is 0 Å². The van der Waals surface area contributed by atoms with Crippen LogP contribution in [0, 0.1) is 0 Å². The third kappa shape index (κ3) is 109. The smallest absolute Gasteiger partial charge is 0.330 e. The van der Waals surface area contributed by atoms with Crippen molar-refractivity contribution in [3.05, 3.63) is 0 Å². The van der Waals surface area contributed by atoms with Gasteiger partial charge in [-0.05, 0) is 27.7 Å². The normalized spacial score (nSPS) is 12.1. The molecule has 0 rings (SSSR count). The third-order valence-corrected chi connectivity index (χ3v) is 16.9. The number of nitrogens with one attached hydrogen (secondary N) is 7. The van der Waals surface area contributed by atoms with Gasteiger partial charge in [0, 0.05) is 32.1 Å². The fourth-order valence-corrected chi connectivity index (χ4v) is 11.2. The molecule has 14 N–H and O–H groups in total. The lowest BCUT2D eigenvalue weighted by molar-refractivity contribution is -0.858. The first-order chi connectivity index (χ1) is 34.2. The topological polar surface area (TPSA) is 380 Å². The minimum atomic E-state index is -3.74. The lowest BCUT2D eigenvalue weighted by atomic mass is 10.5. The van der Waals surface area contributed by atoms with Gasteiger partial charge in [-0.1, -0.05) is 0 Å². The van der Waals surface area contributed by atoms with Gasteiger partial charge in [0.1, 0.15) is 11.5 Å². The van der Waals surface area contributed by atoms with Gasteiger partial charge in [-0.3, -0.25) is 31.9 Å². The molecular weight excluding hydrogens is 1310 g/mol. The van der Waals surface area contributed by atoms with E-state index in [0.29, 0.717) is 71.1 Å². The van der Waals surface area contributed by atoms with Crippen molar-refractivity contribution in [3.63, 3.8) is 0 Å². The second-order valence-electron chi connectivity index (χ2n) is 19.4. The highest BCUT2D eigenvalue weighted by Gasteiger charge is 2.24. The highest BCUT2D eigenvalue weighted by molar-refractivity contribution is 7.86. The van der Waals surface area contributed by atoms with Crippen LogP contribution >= 0.6 is 30.4 Å². The van der Waals surface area contributed by atoms with Crippen molar-refractivity contribution in [2.45, 2.75) is 59.8 Å². The van der Waals surface area contributed by atoms with Crippen molar-refractivity contribution in [3.8, 4) is 0 Å². The van der Waals surface area contributed by atoms with Gasteiger partial charge in [0.15, 0.2) is 0 Å². The van der Waals surface area contributed by atoms with Gasteiger partial charge in [0.25, 0.3) is 30.4 Å². The predicted octanol–water partition coefficient (Wildman–Crippen LogP) is -12.6. The number of halogens is 2. The molecule has 0 fully saturated rings. The molecule has 78 heavy (non-hydrogen) atoms. The molecule has 0 atom stereocenters. The Balaban J connectivity index is -0.000000102. The van der Waals surface area contributed by atoms with Crippen LogP contribution in [0.2, 0.25) is 0 Å². The van der Waals surface area contributed by atoms with Crippen molar-refractivity contribution in [2.24, 2.45) is 0 Å². The van der Waals surface area contributed by atoms with Crippen LogP contribution in [0.25, 0.3) is 0 Å². The first-order valence-corrected chi connectivity index (χ1v) is 37.3. The number of rotatable bonds is 34. The Bertz CT molecular complexity index is 1760. The van der Waals surface area contributed by atoms with Crippen LogP contribution in [-0.4, -0.2) is 271 Å². The van der Waals surface area contributed by atoms with Gasteiger partial charge < -0.3 is 106 Å². The zero-order chi connectivity index (χ0) is 61.6. The SMILES string of the molecule is CCOP(=O)(CCC[NH+](C)C)OCC.CCOP(=O)(CCC[NH+](C)C)OCC.C[NH+](C)CCCP(=O)(O)O.C[NH+](C)CCCP(=O)(O)O.C[NH+](C)CCCS(=O)(=O)O.C[NH+](C)CCS(=O)(=O)O.C[NH+](C)CCS(=O)(=O)O.[Br-].[Br-]. The maximum Gasteiger partial charge on any atom is 0.330 e. The average molecular weight is 1420 g/mol. The van der Waals surface area contributed by atoms with Crippen molar-refractivity contribution >= 4 is 60.7 Å². The van der Waals surface area contributed by atoms with Crippen LogP contribution in [-0.2, 0) is 66.7 Å². The van der Waals surface area contributed by atoms with Gasteiger partial charge >= 0.3 is 30.4 Å². The van der Waals surface area contributed by atoms with E-state index in [9.17, 15) is 43.5 Å². The fraction of sp³-hybridized carbons (Fsp3) is 1.00. The van der Waals surface area contributed by atoms with E-state index >= 15 is 0 Å². The zero-order valence-corrected chi connectivity index (χ0v) is 59.6. The molecule has 0 radical (unpaired) electrons. The highest BCUT2D eigenvalue weighted by atomic mass is 79.9. The minimum Gasteiger partial charge on any atom is -1.00 e. The number of hydrogen-bond donors (Lipinski definition) is 14. The fourth-order valence-electron chi connectivity index (χ4n) is 4.92. The molecule has 37 heteroatoms. The second-order valence-corrected chi connectivity index (χ2v) is 32.1. The first-order valence-electron chi connectivity index (χ1n) is 25.4. The molecule has 0 heterocycles. The van der Waals surface area contributed by atoms with E-state index in [1.54, 1.807) is 0 Å². The lowest BCUT2D eigenvalue weighted by Gasteiger charge is -2.17. The van der Waals surface area contributed by atoms with Crippen LogP contribution in [0.4, 0.5) is 0 Å². The molecule has 0 aromatic rings. The first kappa shape index (κ1) is 98.1. The summed E-state index contributed by atoms with van der Waals surface area (Å²) in [5.41, 5.74) is 0. The van der Waals surface area contributed by atoms with E-state index < -0.39 is 60.7 Å². The highest BCUT2D eigenvalue weighted by Crippen LogP contribution is 2.49. The molecule has 0 saturated heterocycles. The molecule has 0 bridgehead atoms. The van der Waals surface area contributed by atoms with E-state index in [2.05, 4.69) is 28.2 Å². The molecular formula is C41H114Br2N7O21P4S3+5. The predicted molar refractivity (Wildman–Crippen MR) is 301 cm³/mol. The molecule has 0 spiro atoms. The van der Waals surface area contributed by atoms with Gasteiger partial charge in [0.05, 0.1) is 201 Å². The summed E-state index contributed by atoms with van der Waals surface area (Å²) in [6.45, 7) is 14.4. The van der Waals surface area contributed by atoms with E-state index in [1.165, 1.54) is 24.5 Å². The van der Waals surface area contributed by atoms with Crippen molar-refractivity contribution in [1.29, 1.82) is 0 Å². The summed E-state index contributed by atoms with van der Waals surface area (Å²) >= 11 is 0. The summed E-state index contributed by atoms with van der Waals surface area (Å²) in [5, 5.41) is 0. The summed E-state index contributed by atoms with van der Waals surface area (Å²) in [4.78, 5) is 42.1. The average Bonchev–Trinajstić information content (AvgIpc) is 3.18. The van der Waals surface area contributed by atoms with Gasteiger partial charge in [-0.15, -0.1) is 0 Å². The lowest BCUT2D eigenvalue weighted by Crippen LogP contribution is -3.06. The Hall–Kier alpha value is 1.01. The summed E-state index contributed by atoms with van der Waals surface area (Å²) in [6.07, 6.45) is 4.52. The molecule has 0 aliphatic carbocycles. The molecule has 0 aromatic heterocycles. The molecule has 0 aromatic carbocycles. The van der Waals surface area contributed by atoms with Crippen LogP contribution in [0.1, 0.15) is 59.8 Å². The van der Waals surface area contributed by atoms with E-state index in [-0.39, 0.29) is 63.5 Å². The summed E-state index contributed by atoms with van der Waals surface area (Å²) < 4.78 is 151. The molecule has 0 amide bonds. The number of quaternary nitrogens is 7. The largest absolute Gasteiger partial charge is 1.00 e. The van der Waals surface area contributed by atoms with Crippen LogP contribution in [0.3, 0.4) is 0 Å². The zero-order valence-electron chi connectivity index (χ0n) is 50.4. The Morgan fingerprint density at radius 1 is 0.321 bits per heavy atom. The molecule has 486 valence electrons. The molecule has 0 aliphatic heterocycles. The van der Waals surface area contributed by atoms with E-state index in [1.807, 2.05) is 98.2 Å². The van der Waals surface area contributed by atoms with Gasteiger partial charge in [-0.25, -0.2) is 0 Å². The van der Waals surface area contributed by atoms with Crippen LogP contribution in [0.5, 0.6) is 0 Å². The summed E-state index contributed by atoms with van der Waals surface area (Å²) in [5.74, 6) is -0.442. The van der Waals surface area contributed by atoms with Crippen molar-refractivity contribution in [1.82, 2.24) is 0 Å². The molecule has 28 nitrogen and oxygen atoms in total. The van der Waals surface area contributed by atoms with Gasteiger partial charge in [0.2, 0.25) is 0 Å². The number of hydrogen-bond acceptors (Lipinski definition) is 14. The Morgan fingerprint density at radius 2 is 0.500 bits per heavy atom. The van der Waals surface area contributed by atoms with Crippen molar-refractivity contribution < 1.29 is 163 Å². The van der Waals surface area contributed by atoms with Crippen molar-refractivity contribution in [2.75, 3.05) is 213 Å². The Morgan fingerprint density at radius 3 is 0.641 bits per heavy atom. The van der Waals surface area contributed by atoms with E-state index in [0.717, 1.165) is 55.4 Å². The second kappa shape index (κ2) is 55.9. The standard InChI is InChI=1S/2C9H22NO3P.2C5H14NO3P.C5H13NO3S.2C4H11NO3S.2BrH/c2*1-5-12-14(11,13-6-2)9-7-8-10(3)4;3*1-6(2)4-3-5-10(7,8)9;2*1-5(2)3-4-9(6,7)8;;/h2*5-9H2,1-4H3;2*3-5H2,1-2H3,(H2,7,8,9);3-5H2,1-2H3,(H,7,8,9);2*3-4H2,1-2H3,(H,6,7,8);2*1H/p+5. The molecule has 0 aliphatic rings. The van der Waals surface area contributed by atoms with Gasteiger partial charge in [-0.2, -0.15) is 25.3 Å². The summed E-state index contributed by atoms with van der Waals surface area (Å²) in [6, 6.07) is 0. The Kier molecular flexibility index (Phi) is 70.2.